The van der Waals surface area contributed by atoms with Crippen LogP contribution < -0.4 is 19.3 Å². The maximum absolute atomic E-state index is 15.1. The Morgan fingerprint density at radius 3 is 1.50 bits per heavy atom. The second kappa shape index (κ2) is 23.6. The zero-order valence-electron chi connectivity index (χ0n) is 38.3. The SMILES string of the molecule is C.CC(C)C(=O)N1CC=C(c2c(F)cc(N3CC(COc4ccon4)OC3=O)cc2F)CC1.CC(C)OCCC(O)C(=O)N1CC=C(c2c(F)cc(N3CC(COc4ccon4)OC3=O)cc2F)CC1. The van der Waals surface area contributed by atoms with Crippen molar-refractivity contribution in [1.29, 1.82) is 0 Å². The number of aliphatic hydroxyl groups is 1. The summed E-state index contributed by atoms with van der Waals surface area (Å²) < 4.78 is 95.8. The van der Waals surface area contributed by atoms with Crippen molar-refractivity contribution in [2.45, 2.75) is 78.8 Å². The second-order valence-corrected chi connectivity index (χ2v) is 17.0. The lowest BCUT2D eigenvalue weighted by atomic mass is 9.97. The molecule has 4 aliphatic rings. The molecule has 22 heteroatoms. The number of rotatable bonds is 16. The number of hydrogen-bond acceptors (Lipinski definition) is 14. The third-order valence-electron chi connectivity index (χ3n) is 11.4. The average Bonchev–Trinajstić information content (AvgIpc) is 4.16. The van der Waals surface area contributed by atoms with Gasteiger partial charge in [-0.1, -0.05) is 33.4 Å². The zero-order valence-corrected chi connectivity index (χ0v) is 38.3. The minimum Gasteiger partial charge on any atom is -0.471 e. The van der Waals surface area contributed by atoms with Gasteiger partial charge in [0.1, 0.15) is 55.1 Å². The topological polar surface area (TPSA) is 200 Å². The molecule has 18 nitrogen and oxygen atoms in total. The van der Waals surface area contributed by atoms with Crippen LogP contribution >= 0.6 is 0 Å². The van der Waals surface area contributed by atoms with E-state index in [1.165, 1.54) is 29.6 Å². The predicted octanol–water partition coefficient (Wildman–Crippen LogP) is 7.41. The fraction of sp³-hybridized carbons (Fsp3) is 0.458. The van der Waals surface area contributed by atoms with E-state index in [0.717, 1.165) is 34.1 Å². The number of benzene rings is 2. The quantitative estimate of drug-likeness (QED) is 0.109. The van der Waals surface area contributed by atoms with E-state index in [1.54, 1.807) is 17.1 Å². The molecule has 70 heavy (non-hydrogen) atoms. The molecular weight excluding hydrogens is 929 g/mol. The molecule has 4 aliphatic heterocycles. The Labute approximate surface area is 401 Å². The van der Waals surface area contributed by atoms with Crippen molar-refractivity contribution in [2.24, 2.45) is 5.92 Å². The molecule has 4 amide bonds. The van der Waals surface area contributed by atoms with Crippen LogP contribution in [0.1, 0.15) is 65.5 Å². The van der Waals surface area contributed by atoms with E-state index in [2.05, 4.69) is 19.4 Å². The molecule has 2 saturated heterocycles. The van der Waals surface area contributed by atoms with Crippen molar-refractivity contribution in [3.05, 3.63) is 95.5 Å². The van der Waals surface area contributed by atoms with E-state index in [4.69, 9.17) is 23.7 Å². The van der Waals surface area contributed by atoms with Crippen LogP contribution in [0.4, 0.5) is 38.5 Å². The van der Waals surface area contributed by atoms with Gasteiger partial charge in [0.2, 0.25) is 5.91 Å². The van der Waals surface area contributed by atoms with Gasteiger partial charge in [-0.25, -0.2) is 27.2 Å². The summed E-state index contributed by atoms with van der Waals surface area (Å²) in [5, 5.41) is 17.3. The van der Waals surface area contributed by atoms with Gasteiger partial charge in [-0.3, -0.25) is 19.4 Å². The Bertz CT molecular complexity index is 2480. The molecule has 378 valence electrons. The van der Waals surface area contributed by atoms with Crippen LogP contribution in [0.15, 0.2) is 70.1 Å². The third kappa shape index (κ3) is 12.8. The number of nitrogens with zero attached hydrogens (tertiary/aromatic N) is 6. The van der Waals surface area contributed by atoms with Crippen molar-refractivity contribution in [3.63, 3.8) is 0 Å². The first-order valence-electron chi connectivity index (χ1n) is 22.3. The molecular formula is C48H56F4N6O12. The summed E-state index contributed by atoms with van der Waals surface area (Å²) in [7, 11) is 0. The van der Waals surface area contributed by atoms with E-state index < -0.39 is 59.7 Å². The number of ether oxygens (including phenoxy) is 5. The van der Waals surface area contributed by atoms with Crippen LogP contribution in [0.3, 0.4) is 0 Å². The second-order valence-electron chi connectivity index (χ2n) is 17.0. The van der Waals surface area contributed by atoms with Crippen molar-refractivity contribution in [3.8, 4) is 11.8 Å². The lowest BCUT2D eigenvalue weighted by Gasteiger charge is -2.29. The fourth-order valence-corrected chi connectivity index (χ4v) is 7.90. The zero-order chi connectivity index (χ0) is 49.4. The van der Waals surface area contributed by atoms with Gasteiger partial charge < -0.3 is 47.6 Å². The molecule has 0 radical (unpaired) electrons. The number of anilines is 2. The minimum absolute atomic E-state index is 0. The molecule has 3 atom stereocenters. The maximum Gasteiger partial charge on any atom is 0.414 e. The van der Waals surface area contributed by atoms with Gasteiger partial charge >= 0.3 is 12.2 Å². The molecule has 0 aliphatic carbocycles. The molecule has 2 aromatic heterocycles. The first-order chi connectivity index (χ1) is 33.1. The molecule has 0 bridgehead atoms. The predicted molar refractivity (Wildman–Crippen MR) is 244 cm³/mol. The highest BCUT2D eigenvalue weighted by atomic mass is 19.1. The number of hydrogen-bond donors (Lipinski definition) is 1. The molecule has 0 spiro atoms. The Morgan fingerprint density at radius 2 is 1.14 bits per heavy atom. The number of carbonyl (C=O) groups is 4. The summed E-state index contributed by atoms with van der Waals surface area (Å²) in [5.41, 5.74) is 0.649. The van der Waals surface area contributed by atoms with Gasteiger partial charge in [0.15, 0.2) is 12.2 Å². The lowest BCUT2D eigenvalue weighted by Crippen LogP contribution is -2.42. The first-order valence-corrected chi connectivity index (χ1v) is 22.3. The van der Waals surface area contributed by atoms with Gasteiger partial charge in [-0.15, -0.1) is 0 Å². The highest BCUT2D eigenvalue weighted by Gasteiger charge is 2.36. The van der Waals surface area contributed by atoms with Gasteiger partial charge in [0.05, 0.1) is 30.6 Å². The van der Waals surface area contributed by atoms with Crippen molar-refractivity contribution >= 4 is 46.5 Å². The maximum atomic E-state index is 15.1. The molecule has 8 rings (SSSR count). The number of aliphatic hydroxyl groups excluding tert-OH is 1. The smallest absolute Gasteiger partial charge is 0.414 e. The van der Waals surface area contributed by atoms with Crippen molar-refractivity contribution in [2.75, 3.05) is 68.9 Å². The number of halogens is 4. The van der Waals surface area contributed by atoms with Crippen LogP contribution in [0.25, 0.3) is 11.1 Å². The highest BCUT2D eigenvalue weighted by molar-refractivity contribution is 5.91. The Balaban J connectivity index is 0.000000229. The standard InChI is InChI=1S/C25H29F2N3O7.C22H23F2N3O5.CH4/c1-15(2)34-9-5-21(31)24(32)29-7-3-16(4-8-29)23-19(26)11-17(12-20(23)27)30-13-18(37-25(30)33)14-35-22-6-10-36-28-22;1-13(2)21(28)26-6-3-14(4-7-26)20-17(23)9-15(10-18(20)24)27-11-16(32-22(27)29)12-30-19-5-8-31-25-19;/h3,6,10-12,15,18,21,31H,4-5,7-9,13-14H2,1-2H3;3,5,8-10,13,16H,4,6-7,11-12H2,1-2H3;1H4. The number of aromatic nitrogens is 2. The summed E-state index contributed by atoms with van der Waals surface area (Å²) in [6.07, 6.45) is 2.69. The summed E-state index contributed by atoms with van der Waals surface area (Å²) in [6.45, 7) is 8.76. The van der Waals surface area contributed by atoms with Gasteiger partial charge in [0, 0.05) is 68.4 Å². The van der Waals surface area contributed by atoms with Crippen LogP contribution in [-0.4, -0.2) is 133 Å². The first kappa shape index (κ1) is 52.4. The van der Waals surface area contributed by atoms with E-state index >= 15 is 8.78 Å². The molecule has 1 N–H and O–H groups in total. The van der Waals surface area contributed by atoms with Crippen molar-refractivity contribution < 1.29 is 74.6 Å². The van der Waals surface area contributed by atoms with Gasteiger partial charge in [-0.2, -0.15) is 0 Å². The van der Waals surface area contributed by atoms with E-state index in [9.17, 15) is 33.1 Å². The van der Waals surface area contributed by atoms with Crippen LogP contribution in [0.2, 0.25) is 0 Å². The number of amides is 4. The monoisotopic (exact) mass is 984 g/mol. The third-order valence-corrected chi connectivity index (χ3v) is 11.4. The van der Waals surface area contributed by atoms with Gasteiger partial charge in [-0.05, 0) is 72.4 Å². The van der Waals surface area contributed by atoms with E-state index in [1.807, 2.05) is 27.7 Å². The summed E-state index contributed by atoms with van der Waals surface area (Å²) in [6, 6.07) is 7.41. The fourth-order valence-electron chi connectivity index (χ4n) is 7.90. The normalized spacial score (nSPS) is 18.4. The Hall–Kier alpha value is -6.94. The van der Waals surface area contributed by atoms with Crippen LogP contribution in [-0.2, 0) is 23.8 Å². The molecule has 0 saturated carbocycles. The molecule has 2 fully saturated rings. The Morgan fingerprint density at radius 1 is 0.714 bits per heavy atom. The van der Waals surface area contributed by atoms with Crippen molar-refractivity contribution in [1.82, 2.24) is 20.1 Å². The highest BCUT2D eigenvalue weighted by Crippen LogP contribution is 2.34. The number of carbonyl (C=O) groups excluding carboxylic acids is 4. The van der Waals surface area contributed by atoms with Crippen LogP contribution in [0.5, 0.6) is 11.8 Å². The summed E-state index contributed by atoms with van der Waals surface area (Å²) in [5.74, 6) is -3.32. The summed E-state index contributed by atoms with van der Waals surface area (Å²) >= 11 is 0. The Kier molecular flexibility index (Phi) is 17.7. The largest absolute Gasteiger partial charge is 0.471 e. The molecule has 6 heterocycles. The lowest BCUT2D eigenvalue weighted by molar-refractivity contribution is -0.141. The number of cyclic esters (lactones) is 2. The molecule has 4 aromatic rings. The summed E-state index contributed by atoms with van der Waals surface area (Å²) in [4.78, 5) is 54.5. The van der Waals surface area contributed by atoms with E-state index in [-0.39, 0.29) is 118 Å². The average molecular weight is 985 g/mol. The minimum atomic E-state index is -1.20. The molecule has 2 aromatic carbocycles. The molecule has 3 unspecified atom stereocenters. The van der Waals surface area contributed by atoms with E-state index in [0.29, 0.717) is 30.7 Å². The van der Waals surface area contributed by atoms with Gasteiger partial charge in [0.25, 0.3) is 17.7 Å². The van der Waals surface area contributed by atoms with Crippen LogP contribution in [0, 0.1) is 29.2 Å².